The molecule has 0 atom stereocenters. The van der Waals surface area contributed by atoms with E-state index in [0.29, 0.717) is 0 Å². The molecule has 1 heterocycles. The largest absolute Gasteiger partial charge is 0.346 e. The van der Waals surface area contributed by atoms with Gasteiger partial charge in [0.1, 0.15) is 0 Å². The molecule has 1 aliphatic heterocycles. The topological polar surface area (TPSA) is 18.5 Å². The third-order valence-electron chi connectivity index (χ3n) is 4.48. The van der Waals surface area contributed by atoms with E-state index in [1.165, 1.54) is 16.7 Å². The van der Waals surface area contributed by atoms with E-state index < -0.39 is 0 Å². The fourth-order valence-corrected chi connectivity index (χ4v) is 3.72. The first kappa shape index (κ1) is 18.2. The summed E-state index contributed by atoms with van der Waals surface area (Å²) in [7, 11) is 0. The van der Waals surface area contributed by atoms with Crippen LogP contribution in [0.2, 0.25) is 5.02 Å². The number of rotatable bonds is 3. The average molecular weight is 374 g/mol. The normalized spacial score (nSPS) is 15.2. The summed E-state index contributed by atoms with van der Waals surface area (Å²) >= 11 is 11.9. The Kier molecular flexibility index (Phi) is 5.94. The Labute approximate surface area is 160 Å². The monoisotopic (exact) mass is 373 g/mol. The molecule has 0 unspecified atom stereocenters. The highest BCUT2D eigenvalue weighted by molar-refractivity contribution is 7.80. The van der Waals surface area contributed by atoms with E-state index in [2.05, 4.69) is 53.2 Å². The number of hydrogen-bond donors (Lipinski definition) is 1. The third kappa shape index (κ3) is 4.94. The van der Waals surface area contributed by atoms with Crippen molar-refractivity contribution in [2.45, 2.75) is 20.4 Å². The van der Waals surface area contributed by atoms with Crippen LogP contribution in [0.4, 0.5) is 5.69 Å². The first-order chi connectivity index (χ1) is 12.0. The molecule has 25 heavy (non-hydrogen) atoms. The van der Waals surface area contributed by atoms with Crippen molar-refractivity contribution in [2.75, 3.05) is 31.5 Å². The second-order valence-electron chi connectivity index (χ2n) is 6.66. The molecular formula is C20H24ClN3S. The molecule has 2 aromatic carbocycles. The van der Waals surface area contributed by atoms with Gasteiger partial charge >= 0.3 is 0 Å². The zero-order chi connectivity index (χ0) is 17.8. The van der Waals surface area contributed by atoms with Crippen molar-refractivity contribution in [1.29, 1.82) is 0 Å². The Morgan fingerprint density at radius 2 is 1.68 bits per heavy atom. The predicted octanol–water partition coefficient (Wildman–Crippen LogP) is 4.47. The van der Waals surface area contributed by atoms with Crippen LogP contribution < -0.4 is 5.32 Å². The molecule has 1 N–H and O–H groups in total. The van der Waals surface area contributed by atoms with Crippen LogP contribution >= 0.6 is 23.8 Å². The van der Waals surface area contributed by atoms with Gasteiger partial charge in [0, 0.05) is 43.4 Å². The molecule has 1 saturated heterocycles. The molecule has 3 nitrogen and oxygen atoms in total. The first-order valence-electron chi connectivity index (χ1n) is 8.61. The fraction of sp³-hybridized carbons (Fsp3) is 0.350. The number of piperazine rings is 1. The van der Waals surface area contributed by atoms with Gasteiger partial charge in [-0.25, -0.2) is 0 Å². The van der Waals surface area contributed by atoms with Crippen LogP contribution in [0.3, 0.4) is 0 Å². The SMILES string of the molecule is Cc1cc(C)cc(NC(=S)N2CCN(Cc3ccccc3Cl)CC2)c1. The lowest BCUT2D eigenvalue weighted by Crippen LogP contribution is -2.49. The molecule has 0 aliphatic carbocycles. The highest BCUT2D eigenvalue weighted by Gasteiger charge is 2.19. The van der Waals surface area contributed by atoms with E-state index in [1.54, 1.807) is 0 Å². The van der Waals surface area contributed by atoms with Crippen LogP contribution in [-0.2, 0) is 6.54 Å². The number of halogens is 1. The maximum Gasteiger partial charge on any atom is 0.173 e. The average Bonchev–Trinajstić information content (AvgIpc) is 2.56. The number of nitrogens with zero attached hydrogens (tertiary/aromatic N) is 2. The van der Waals surface area contributed by atoms with Gasteiger partial charge in [-0.05, 0) is 61.0 Å². The minimum Gasteiger partial charge on any atom is -0.346 e. The number of hydrogen-bond acceptors (Lipinski definition) is 2. The number of thiocarbonyl (C=S) groups is 1. The molecular weight excluding hydrogens is 350 g/mol. The predicted molar refractivity (Wildman–Crippen MR) is 110 cm³/mol. The van der Waals surface area contributed by atoms with E-state index in [-0.39, 0.29) is 0 Å². The summed E-state index contributed by atoms with van der Waals surface area (Å²) in [5.74, 6) is 0. The van der Waals surface area contributed by atoms with E-state index >= 15 is 0 Å². The maximum atomic E-state index is 6.27. The third-order valence-corrected chi connectivity index (χ3v) is 5.21. The minimum absolute atomic E-state index is 0.808. The smallest absolute Gasteiger partial charge is 0.173 e. The second kappa shape index (κ2) is 8.17. The van der Waals surface area contributed by atoms with Gasteiger partial charge in [0.2, 0.25) is 0 Å². The summed E-state index contributed by atoms with van der Waals surface area (Å²) in [4.78, 5) is 4.67. The summed E-state index contributed by atoms with van der Waals surface area (Å²) in [5, 5.41) is 5.04. The molecule has 1 fully saturated rings. The zero-order valence-corrected chi connectivity index (χ0v) is 16.3. The summed E-state index contributed by atoms with van der Waals surface area (Å²) in [6, 6.07) is 14.5. The van der Waals surface area contributed by atoms with Crippen molar-refractivity contribution in [3.8, 4) is 0 Å². The quantitative estimate of drug-likeness (QED) is 0.799. The van der Waals surface area contributed by atoms with Crippen molar-refractivity contribution >= 4 is 34.6 Å². The van der Waals surface area contributed by atoms with Crippen LogP contribution in [-0.4, -0.2) is 41.1 Å². The number of aryl methyl sites for hydroxylation is 2. The molecule has 2 aromatic rings. The molecule has 132 valence electrons. The summed E-state index contributed by atoms with van der Waals surface area (Å²) < 4.78 is 0. The Hall–Kier alpha value is -1.62. The van der Waals surface area contributed by atoms with Gasteiger partial charge in [-0.3, -0.25) is 4.90 Å². The van der Waals surface area contributed by atoms with Crippen molar-refractivity contribution in [3.63, 3.8) is 0 Å². The van der Waals surface area contributed by atoms with Gasteiger partial charge in [-0.1, -0.05) is 35.9 Å². The summed E-state index contributed by atoms with van der Waals surface area (Å²) in [6.07, 6.45) is 0. The molecule has 5 heteroatoms. The van der Waals surface area contributed by atoms with Gasteiger partial charge in [-0.15, -0.1) is 0 Å². The zero-order valence-electron chi connectivity index (χ0n) is 14.8. The van der Waals surface area contributed by atoms with E-state index in [1.807, 2.05) is 18.2 Å². The number of benzene rings is 2. The van der Waals surface area contributed by atoms with Gasteiger partial charge in [-0.2, -0.15) is 0 Å². The van der Waals surface area contributed by atoms with Gasteiger partial charge in [0.15, 0.2) is 5.11 Å². The molecule has 0 bridgehead atoms. The van der Waals surface area contributed by atoms with Crippen molar-refractivity contribution in [3.05, 3.63) is 64.2 Å². The highest BCUT2D eigenvalue weighted by Crippen LogP contribution is 2.19. The molecule has 0 aromatic heterocycles. The highest BCUT2D eigenvalue weighted by atomic mass is 35.5. The Morgan fingerprint density at radius 3 is 2.32 bits per heavy atom. The van der Waals surface area contributed by atoms with Crippen molar-refractivity contribution < 1.29 is 0 Å². The standard InChI is InChI=1S/C20H24ClN3S/c1-15-11-16(2)13-18(12-15)22-20(25)24-9-7-23(8-10-24)14-17-5-3-4-6-19(17)21/h3-6,11-13H,7-10,14H2,1-2H3,(H,22,25). The fourth-order valence-electron chi connectivity index (χ4n) is 3.23. The Balaban J connectivity index is 1.53. The number of anilines is 1. The van der Waals surface area contributed by atoms with Crippen LogP contribution in [0.5, 0.6) is 0 Å². The minimum atomic E-state index is 0.808. The second-order valence-corrected chi connectivity index (χ2v) is 7.46. The molecule has 1 aliphatic rings. The molecule has 0 spiro atoms. The van der Waals surface area contributed by atoms with Crippen molar-refractivity contribution in [1.82, 2.24) is 9.80 Å². The molecule has 0 saturated carbocycles. The van der Waals surface area contributed by atoms with Crippen LogP contribution in [0.1, 0.15) is 16.7 Å². The van der Waals surface area contributed by atoms with Crippen LogP contribution in [0, 0.1) is 13.8 Å². The maximum absolute atomic E-state index is 6.27. The molecule has 0 amide bonds. The lowest BCUT2D eigenvalue weighted by atomic mass is 10.1. The van der Waals surface area contributed by atoms with Crippen LogP contribution in [0.25, 0.3) is 0 Å². The van der Waals surface area contributed by atoms with E-state index in [0.717, 1.165) is 48.5 Å². The van der Waals surface area contributed by atoms with E-state index in [4.69, 9.17) is 23.8 Å². The Bertz CT molecular complexity index is 734. The lowest BCUT2D eigenvalue weighted by molar-refractivity contribution is 0.177. The summed E-state index contributed by atoms with van der Waals surface area (Å²) in [6.45, 7) is 8.94. The first-order valence-corrected chi connectivity index (χ1v) is 9.40. The molecule has 3 rings (SSSR count). The van der Waals surface area contributed by atoms with Gasteiger partial charge in [0.25, 0.3) is 0 Å². The lowest BCUT2D eigenvalue weighted by Gasteiger charge is -2.36. The summed E-state index contributed by atoms with van der Waals surface area (Å²) in [5.41, 5.74) is 4.75. The van der Waals surface area contributed by atoms with Gasteiger partial charge < -0.3 is 10.2 Å². The number of nitrogens with one attached hydrogen (secondary N) is 1. The Morgan fingerprint density at radius 1 is 1.04 bits per heavy atom. The van der Waals surface area contributed by atoms with Crippen molar-refractivity contribution in [2.24, 2.45) is 0 Å². The van der Waals surface area contributed by atoms with Gasteiger partial charge in [0.05, 0.1) is 0 Å². The van der Waals surface area contributed by atoms with Crippen LogP contribution in [0.15, 0.2) is 42.5 Å². The van der Waals surface area contributed by atoms with E-state index in [9.17, 15) is 0 Å². The molecule has 0 radical (unpaired) electrons.